The molecule has 25 heavy (non-hydrogen) atoms. The maximum absolute atomic E-state index is 12.2. The number of amides is 1. The molecular formula is C18H19Cl3N3O-. The Morgan fingerprint density at radius 2 is 1.60 bits per heavy atom. The molecule has 0 spiro atoms. The van der Waals surface area contributed by atoms with Crippen LogP contribution in [0, 0.1) is 0 Å². The third-order valence-corrected chi connectivity index (χ3v) is 4.71. The van der Waals surface area contributed by atoms with Crippen LogP contribution in [0.2, 0.25) is 10.0 Å². The summed E-state index contributed by atoms with van der Waals surface area (Å²) in [6.07, 6.45) is 0. The number of hydrogen-bond donors (Lipinski definition) is 1. The maximum Gasteiger partial charge on any atom is 0.265 e. The molecular weight excluding hydrogens is 381 g/mol. The molecule has 0 saturated carbocycles. The van der Waals surface area contributed by atoms with Crippen LogP contribution in [-0.2, 0) is 6.54 Å². The summed E-state index contributed by atoms with van der Waals surface area (Å²) in [6, 6.07) is 14.8. The minimum absolute atomic E-state index is 0. The van der Waals surface area contributed by atoms with Gasteiger partial charge < -0.3 is 12.4 Å². The van der Waals surface area contributed by atoms with Crippen LogP contribution in [0.3, 0.4) is 0 Å². The van der Waals surface area contributed by atoms with Crippen LogP contribution in [0.25, 0.3) is 0 Å². The second kappa shape index (κ2) is 9.41. The van der Waals surface area contributed by atoms with Crippen molar-refractivity contribution < 1.29 is 17.2 Å². The summed E-state index contributed by atoms with van der Waals surface area (Å²) in [6.45, 7) is 4.16. The lowest BCUT2D eigenvalue weighted by Crippen LogP contribution is -3.00. The number of benzene rings is 2. The second-order valence-corrected chi connectivity index (χ2v) is 6.65. The number of piperazine rings is 1. The molecule has 1 aliphatic heterocycles. The third-order valence-electron chi connectivity index (χ3n) is 4.09. The molecule has 0 bridgehead atoms. The zero-order valence-electron chi connectivity index (χ0n) is 13.6. The Hall–Kier alpha value is -1.30. The molecule has 0 aromatic heterocycles. The van der Waals surface area contributed by atoms with Crippen molar-refractivity contribution in [2.45, 2.75) is 6.54 Å². The smallest absolute Gasteiger partial charge is 0.265 e. The molecule has 2 aromatic rings. The largest absolute Gasteiger partial charge is 1.00 e. The van der Waals surface area contributed by atoms with Crippen LogP contribution < -0.4 is 17.8 Å². The van der Waals surface area contributed by atoms with Crippen LogP contribution in [0.15, 0.2) is 48.5 Å². The molecule has 1 N–H and O–H groups in total. The van der Waals surface area contributed by atoms with E-state index in [-0.39, 0.29) is 18.3 Å². The number of hydrogen-bond acceptors (Lipinski definition) is 3. The zero-order chi connectivity index (χ0) is 16.9. The highest BCUT2D eigenvalue weighted by Crippen LogP contribution is 2.17. The minimum Gasteiger partial charge on any atom is -1.00 e. The number of nitrogens with zero attached hydrogens (tertiary/aromatic N) is 2. The lowest BCUT2D eigenvalue weighted by atomic mass is 10.2. The first-order valence-electron chi connectivity index (χ1n) is 7.89. The van der Waals surface area contributed by atoms with Crippen molar-refractivity contribution >= 4 is 29.1 Å². The quantitative estimate of drug-likeness (QED) is 0.811. The van der Waals surface area contributed by atoms with Gasteiger partial charge in [0, 0.05) is 48.3 Å². The summed E-state index contributed by atoms with van der Waals surface area (Å²) < 4.78 is 0. The summed E-state index contributed by atoms with van der Waals surface area (Å²) in [5.74, 6) is -0.105. The fraction of sp³-hybridized carbons (Fsp3) is 0.278. The summed E-state index contributed by atoms with van der Waals surface area (Å²) in [7, 11) is 0. The normalized spacial score (nSPS) is 15.4. The molecule has 1 heterocycles. The average molecular weight is 400 g/mol. The van der Waals surface area contributed by atoms with E-state index in [1.807, 2.05) is 23.2 Å². The highest BCUT2D eigenvalue weighted by molar-refractivity contribution is 6.31. The molecule has 1 aliphatic rings. The average Bonchev–Trinajstić information content (AvgIpc) is 2.59. The van der Waals surface area contributed by atoms with Gasteiger partial charge in [-0.1, -0.05) is 41.4 Å². The van der Waals surface area contributed by atoms with Crippen molar-refractivity contribution in [1.82, 2.24) is 15.3 Å². The van der Waals surface area contributed by atoms with Crippen LogP contribution in [-0.4, -0.2) is 42.0 Å². The van der Waals surface area contributed by atoms with Crippen LogP contribution in [0.1, 0.15) is 15.9 Å². The van der Waals surface area contributed by atoms with E-state index in [1.54, 1.807) is 24.3 Å². The second-order valence-electron chi connectivity index (χ2n) is 5.80. The minimum atomic E-state index is -0.105. The predicted octanol–water partition coefficient (Wildman–Crippen LogP) is 0.460. The molecule has 0 radical (unpaired) electrons. The van der Waals surface area contributed by atoms with Crippen LogP contribution >= 0.6 is 23.2 Å². The Labute approximate surface area is 164 Å². The van der Waals surface area contributed by atoms with E-state index in [4.69, 9.17) is 23.2 Å². The summed E-state index contributed by atoms with van der Waals surface area (Å²) in [5, 5.41) is 3.38. The Morgan fingerprint density at radius 1 is 0.960 bits per heavy atom. The van der Waals surface area contributed by atoms with Crippen molar-refractivity contribution in [3.8, 4) is 0 Å². The lowest BCUT2D eigenvalue weighted by molar-refractivity contribution is -0.0000149. The molecule has 4 nitrogen and oxygen atoms in total. The highest BCUT2D eigenvalue weighted by Gasteiger charge is 2.19. The topological polar surface area (TPSA) is 35.6 Å². The predicted molar refractivity (Wildman–Crippen MR) is 97.2 cm³/mol. The molecule has 1 amide bonds. The van der Waals surface area contributed by atoms with Gasteiger partial charge in [-0.2, -0.15) is 0 Å². The van der Waals surface area contributed by atoms with Crippen molar-refractivity contribution in [1.29, 1.82) is 0 Å². The fourth-order valence-corrected chi connectivity index (χ4v) is 3.02. The van der Waals surface area contributed by atoms with E-state index in [0.717, 1.165) is 43.3 Å². The lowest BCUT2D eigenvalue weighted by Gasteiger charge is -2.34. The third kappa shape index (κ3) is 5.59. The number of nitrogens with one attached hydrogen (secondary N) is 1. The Bertz CT molecular complexity index is 701. The van der Waals surface area contributed by atoms with Gasteiger partial charge in [-0.15, -0.1) is 0 Å². The molecule has 0 unspecified atom stereocenters. The van der Waals surface area contributed by atoms with E-state index in [2.05, 4.69) is 16.4 Å². The number of carbonyl (C=O) groups is 1. The highest BCUT2D eigenvalue weighted by atomic mass is 35.5. The van der Waals surface area contributed by atoms with Gasteiger partial charge in [0.25, 0.3) is 5.91 Å². The number of halogens is 3. The van der Waals surface area contributed by atoms with Gasteiger partial charge in [0.1, 0.15) is 0 Å². The van der Waals surface area contributed by atoms with Gasteiger partial charge in [-0.25, -0.2) is 5.01 Å². The van der Waals surface area contributed by atoms with Gasteiger partial charge in [0.2, 0.25) is 0 Å². The van der Waals surface area contributed by atoms with Gasteiger partial charge >= 0.3 is 0 Å². The molecule has 7 heteroatoms. The molecule has 1 saturated heterocycles. The number of carbonyl (C=O) groups excluding carboxylic acids is 1. The monoisotopic (exact) mass is 398 g/mol. The van der Waals surface area contributed by atoms with Gasteiger partial charge in [-0.3, -0.25) is 15.1 Å². The molecule has 134 valence electrons. The van der Waals surface area contributed by atoms with Gasteiger partial charge in [-0.05, 0) is 35.9 Å². The first-order valence-corrected chi connectivity index (χ1v) is 8.65. The number of hydrazine groups is 1. The van der Waals surface area contributed by atoms with E-state index in [1.165, 1.54) is 0 Å². The van der Waals surface area contributed by atoms with Crippen LogP contribution in [0.4, 0.5) is 0 Å². The van der Waals surface area contributed by atoms with Crippen molar-refractivity contribution in [2.75, 3.05) is 26.2 Å². The van der Waals surface area contributed by atoms with E-state index < -0.39 is 0 Å². The molecule has 2 aromatic carbocycles. The standard InChI is InChI=1S/C18H19Cl2N3O.ClH/c19-16-7-5-14(6-8-16)18(24)21-23-11-9-22(10-12-23)13-15-3-1-2-4-17(15)20;/h1-8H,9-13H2,(H,21,24);1H/p-1. The van der Waals surface area contributed by atoms with Crippen molar-refractivity contribution in [3.05, 3.63) is 69.7 Å². The molecule has 0 atom stereocenters. The molecule has 0 aliphatic carbocycles. The van der Waals surface area contributed by atoms with Gasteiger partial charge in [0.15, 0.2) is 0 Å². The number of rotatable bonds is 4. The van der Waals surface area contributed by atoms with E-state index in [0.29, 0.717) is 10.6 Å². The zero-order valence-corrected chi connectivity index (χ0v) is 15.9. The first-order chi connectivity index (χ1) is 11.6. The summed E-state index contributed by atoms with van der Waals surface area (Å²) in [4.78, 5) is 14.6. The first kappa shape index (κ1) is 20.0. The van der Waals surface area contributed by atoms with E-state index >= 15 is 0 Å². The molecule has 1 fully saturated rings. The molecule has 3 rings (SSSR count). The van der Waals surface area contributed by atoms with E-state index in [9.17, 15) is 4.79 Å². The van der Waals surface area contributed by atoms with Crippen molar-refractivity contribution in [2.24, 2.45) is 0 Å². The SMILES string of the molecule is O=C(NN1CCN(Cc2ccccc2Cl)CC1)c1ccc(Cl)cc1.[Cl-]. The van der Waals surface area contributed by atoms with Crippen molar-refractivity contribution in [3.63, 3.8) is 0 Å². The Morgan fingerprint density at radius 3 is 2.24 bits per heavy atom. The van der Waals surface area contributed by atoms with Gasteiger partial charge in [0.05, 0.1) is 0 Å². The fourth-order valence-electron chi connectivity index (χ4n) is 2.69. The Balaban J connectivity index is 0.00000225. The summed E-state index contributed by atoms with van der Waals surface area (Å²) in [5.41, 5.74) is 4.70. The Kier molecular flexibility index (Phi) is 7.54. The maximum atomic E-state index is 12.2. The summed E-state index contributed by atoms with van der Waals surface area (Å²) >= 11 is 12.1. The van der Waals surface area contributed by atoms with Crippen LogP contribution in [0.5, 0.6) is 0 Å².